The number of alkyl halides is 3. The predicted molar refractivity (Wildman–Crippen MR) is 113 cm³/mol. The van der Waals surface area contributed by atoms with E-state index in [-0.39, 0.29) is 10.6 Å². The van der Waals surface area contributed by atoms with Gasteiger partial charge in [0, 0.05) is 19.3 Å². The first kappa shape index (κ1) is 23.4. The third-order valence-corrected chi connectivity index (χ3v) is 6.48. The minimum Gasteiger partial charge on any atom is -0.481 e. The number of fused-ring (bicyclic) bond motifs is 1. The number of thiazole rings is 1. The summed E-state index contributed by atoms with van der Waals surface area (Å²) in [6.07, 6.45) is -5.11. The fourth-order valence-corrected chi connectivity index (χ4v) is 4.70. The summed E-state index contributed by atoms with van der Waals surface area (Å²) >= 11 is 0.881. The predicted octanol–water partition coefficient (Wildman–Crippen LogP) is 3.43. The van der Waals surface area contributed by atoms with Gasteiger partial charge in [-0.15, -0.1) is 0 Å². The third kappa shape index (κ3) is 3.91. The first-order chi connectivity index (χ1) is 15.9. The van der Waals surface area contributed by atoms with Crippen molar-refractivity contribution in [2.75, 3.05) is 11.4 Å². The van der Waals surface area contributed by atoms with Crippen molar-refractivity contribution >= 4 is 45.1 Å². The highest BCUT2D eigenvalue weighted by molar-refractivity contribution is 7.16. The molecule has 1 aliphatic heterocycles. The summed E-state index contributed by atoms with van der Waals surface area (Å²) in [5.74, 6) is -6.13. The minimum atomic E-state index is -5.11. The van der Waals surface area contributed by atoms with Gasteiger partial charge in [-0.3, -0.25) is 24.2 Å². The number of hydrogen-bond donors (Lipinski definition) is 1. The number of urea groups is 1. The zero-order valence-electron chi connectivity index (χ0n) is 17.3. The van der Waals surface area contributed by atoms with Gasteiger partial charge in [-0.1, -0.05) is 23.5 Å². The Morgan fingerprint density at radius 3 is 2.53 bits per heavy atom. The highest BCUT2D eigenvalue weighted by Crippen LogP contribution is 2.36. The number of carboxylic acids is 1. The van der Waals surface area contributed by atoms with Gasteiger partial charge in [-0.05, 0) is 29.8 Å². The summed E-state index contributed by atoms with van der Waals surface area (Å²) in [6.45, 7) is -1.54. The first-order valence-electron chi connectivity index (χ1n) is 9.70. The fourth-order valence-electron chi connectivity index (χ4n) is 3.79. The number of halogens is 4. The number of hydrogen-bond acceptors (Lipinski definition) is 5. The molecule has 4 rings (SSSR count). The highest BCUT2D eigenvalue weighted by Gasteiger charge is 2.45. The number of carbonyl (C=O) groups excluding carboxylic acids is 2. The minimum absolute atomic E-state index is 0.151. The summed E-state index contributed by atoms with van der Waals surface area (Å²) in [7, 11) is 1.55. The molecule has 0 radical (unpaired) electrons. The summed E-state index contributed by atoms with van der Waals surface area (Å²) in [5, 5.41) is 9.51. The number of amides is 3. The van der Waals surface area contributed by atoms with E-state index in [1.807, 2.05) is 0 Å². The number of anilines is 1. The summed E-state index contributed by atoms with van der Waals surface area (Å²) in [4.78, 5) is 50.6. The molecule has 1 atom stereocenters. The molecule has 178 valence electrons. The van der Waals surface area contributed by atoms with Crippen LogP contribution < -0.4 is 9.77 Å². The zero-order valence-corrected chi connectivity index (χ0v) is 18.1. The molecule has 0 aliphatic carbocycles. The maximum Gasteiger partial charge on any atom is 0.419 e. The Labute approximate surface area is 192 Å². The Balaban J connectivity index is 1.77. The van der Waals surface area contributed by atoms with E-state index in [2.05, 4.69) is 0 Å². The van der Waals surface area contributed by atoms with Crippen molar-refractivity contribution in [2.24, 2.45) is 13.0 Å². The number of carbonyl (C=O) groups is 3. The van der Waals surface area contributed by atoms with Crippen molar-refractivity contribution in [3.63, 3.8) is 0 Å². The van der Waals surface area contributed by atoms with Crippen LogP contribution in [0, 0.1) is 11.7 Å². The molecule has 1 aliphatic rings. The van der Waals surface area contributed by atoms with Crippen LogP contribution in [-0.2, 0) is 29.4 Å². The largest absolute Gasteiger partial charge is 0.481 e. The molecule has 0 spiro atoms. The van der Waals surface area contributed by atoms with Crippen LogP contribution in [0.2, 0.25) is 0 Å². The molecule has 1 aromatic heterocycles. The van der Waals surface area contributed by atoms with Gasteiger partial charge < -0.3 is 9.67 Å². The van der Waals surface area contributed by atoms with E-state index in [9.17, 15) is 41.8 Å². The van der Waals surface area contributed by atoms with Gasteiger partial charge in [-0.25, -0.2) is 9.18 Å². The van der Waals surface area contributed by atoms with E-state index in [0.717, 1.165) is 28.4 Å². The van der Waals surface area contributed by atoms with Crippen LogP contribution >= 0.6 is 11.3 Å². The van der Waals surface area contributed by atoms with Gasteiger partial charge >= 0.3 is 23.0 Å². The van der Waals surface area contributed by atoms with Gasteiger partial charge in [0.2, 0.25) is 5.91 Å². The molecule has 34 heavy (non-hydrogen) atoms. The van der Waals surface area contributed by atoms with Gasteiger partial charge in [-0.2, -0.15) is 13.2 Å². The number of carboxylic acid groups (broad SMARTS) is 1. The van der Waals surface area contributed by atoms with E-state index in [1.165, 1.54) is 22.8 Å². The second-order valence-electron chi connectivity index (χ2n) is 7.56. The number of aryl methyl sites for hydroxylation is 1. The van der Waals surface area contributed by atoms with Gasteiger partial charge in [0.15, 0.2) is 5.92 Å². The van der Waals surface area contributed by atoms with Crippen LogP contribution in [0.5, 0.6) is 0 Å². The van der Waals surface area contributed by atoms with Crippen LogP contribution in [0.1, 0.15) is 11.1 Å². The Morgan fingerprint density at radius 2 is 1.88 bits per heavy atom. The average Bonchev–Trinajstić information content (AvgIpc) is 3.03. The number of aliphatic carboxylic acids is 1. The maximum absolute atomic E-state index is 14.0. The molecule has 2 aromatic carbocycles. The lowest BCUT2D eigenvalue weighted by atomic mass is 10.0. The highest BCUT2D eigenvalue weighted by atomic mass is 32.1. The SMILES string of the molecule is Cn1c(=O)sc2cc(N3CC(C(=O)O)C(=O)N(Cc4cccc(F)c4C(F)(F)F)C3=O)ccc21. The lowest BCUT2D eigenvalue weighted by Crippen LogP contribution is -2.58. The molecule has 1 N–H and O–H groups in total. The van der Waals surface area contributed by atoms with Crippen molar-refractivity contribution in [2.45, 2.75) is 12.7 Å². The van der Waals surface area contributed by atoms with E-state index in [0.29, 0.717) is 21.2 Å². The third-order valence-electron chi connectivity index (χ3n) is 5.49. The monoisotopic (exact) mass is 497 g/mol. The molecular weight excluding hydrogens is 482 g/mol. The van der Waals surface area contributed by atoms with Crippen molar-refractivity contribution < 1.29 is 37.1 Å². The number of benzene rings is 2. The van der Waals surface area contributed by atoms with E-state index in [4.69, 9.17) is 0 Å². The van der Waals surface area contributed by atoms with Crippen LogP contribution in [0.4, 0.5) is 28.0 Å². The average molecular weight is 497 g/mol. The molecule has 0 bridgehead atoms. The number of imide groups is 1. The molecule has 3 amide bonds. The Hall–Kier alpha value is -3.74. The van der Waals surface area contributed by atoms with Crippen molar-refractivity contribution in [1.29, 1.82) is 0 Å². The molecule has 1 unspecified atom stereocenters. The maximum atomic E-state index is 14.0. The lowest BCUT2D eigenvalue weighted by Gasteiger charge is -2.37. The smallest absolute Gasteiger partial charge is 0.419 e. The van der Waals surface area contributed by atoms with Gasteiger partial charge in [0.1, 0.15) is 5.82 Å². The molecule has 0 saturated carbocycles. The quantitative estimate of drug-likeness (QED) is 0.440. The number of nitrogens with zero attached hydrogens (tertiary/aromatic N) is 3. The first-order valence-corrected chi connectivity index (χ1v) is 10.5. The Morgan fingerprint density at radius 1 is 1.18 bits per heavy atom. The lowest BCUT2D eigenvalue weighted by molar-refractivity contribution is -0.151. The molecule has 8 nitrogen and oxygen atoms in total. The molecule has 3 aromatic rings. The topological polar surface area (TPSA) is 99.9 Å². The Bertz CT molecular complexity index is 1400. The van der Waals surface area contributed by atoms with Crippen LogP contribution in [0.3, 0.4) is 0 Å². The zero-order chi connectivity index (χ0) is 24.9. The molecule has 1 fully saturated rings. The molecule has 13 heteroatoms. The number of rotatable bonds is 4. The van der Waals surface area contributed by atoms with Crippen LogP contribution in [0.25, 0.3) is 10.2 Å². The summed E-state index contributed by atoms with van der Waals surface area (Å²) in [5.41, 5.74) is -1.63. The van der Waals surface area contributed by atoms with Gasteiger partial charge in [0.25, 0.3) is 0 Å². The molecule has 1 saturated heterocycles. The fraction of sp³-hybridized carbons (Fsp3) is 0.238. The van der Waals surface area contributed by atoms with Gasteiger partial charge in [0.05, 0.1) is 22.3 Å². The van der Waals surface area contributed by atoms with Crippen molar-refractivity contribution in [3.8, 4) is 0 Å². The van der Waals surface area contributed by atoms with E-state index < -0.39 is 60.0 Å². The number of aromatic nitrogens is 1. The van der Waals surface area contributed by atoms with E-state index in [1.54, 1.807) is 7.05 Å². The van der Waals surface area contributed by atoms with E-state index >= 15 is 0 Å². The van der Waals surface area contributed by atoms with Crippen molar-refractivity contribution in [1.82, 2.24) is 9.47 Å². The standard InChI is InChI=1S/C21H15F4N3O5S/c1-26-14-6-5-11(7-15(14)34-20(26)33)27-9-12(18(30)31)17(29)28(19(27)32)8-10-3-2-4-13(22)16(10)21(23,24)25/h2-7,12H,8-9H2,1H3,(H,30,31). The van der Waals surface area contributed by atoms with Crippen molar-refractivity contribution in [3.05, 3.63) is 63.0 Å². The Kier molecular flexibility index (Phi) is 5.67. The molecular formula is C21H15F4N3O5S. The van der Waals surface area contributed by atoms with Crippen LogP contribution in [0.15, 0.2) is 41.2 Å². The summed E-state index contributed by atoms with van der Waals surface area (Å²) in [6, 6.07) is 5.85. The molecule has 2 heterocycles. The second-order valence-corrected chi connectivity index (χ2v) is 8.55. The summed E-state index contributed by atoms with van der Waals surface area (Å²) < 4.78 is 56.1. The normalized spacial score (nSPS) is 17.0. The van der Waals surface area contributed by atoms with Crippen LogP contribution in [-0.4, -0.2) is 39.0 Å². The second kappa shape index (κ2) is 8.24.